The van der Waals surface area contributed by atoms with E-state index < -0.39 is 23.4 Å². The van der Waals surface area contributed by atoms with E-state index in [1.807, 2.05) is 6.92 Å². The SMILES string of the molecule is CC12CC(NC(=O)N1C1CCC1)c1cc(F)cc(F)c1O2. The number of halogens is 2. The van der Waals surface area contributed by atoms with Gasteiger partial charge in [0.1, 0.15) is 5.82 Å². The van der Waals surface area contributed by atoms with Crippen LogP contribution in [0.1, 0.15) is 44.2 Å². The standard InChI is InChI=1S/C15H16F2N2O2/c1-15-7-12(18-14(20)19(15)9-3-2-4-9)10-5-8(16)6-11(17)13(10)21-15/h5-6,9,12H,2-4,7H2,1H3,(H,18,20). The van der Waals surface area contributed by atoms with Crippen LogP contribution >= 0.6 is 0 Å². The first-order valence-electron chi connectivity index (χ1n) is 7.26. The van der Waals surface area contributed by atoms with Gasteiger partial charge in [0, 0.05) is 24.1 Å². The molecule has 21 heavy (non-hydrogen) atoms. The summed E-state index contributed by atoms with van der Waals surface area (Å²) >= 11 is 0. The topological polar surface area (TPSA) is 41.6 Å². The molecule has 2 bridgehead atoms. The van der Waals surface area contributed by atoms with Crippen LogP contribution in [0.3, 0.4) is 0 Å². The molecule has 2 amide bonds. The lowest BCUT2D eigenvalue weighted by Crippen LogP contribution is -2.68. The van der Waals surface area contributed by atoms with Gasteiger partial charge in [0.05, 0.1) is 6.04 Å². The molecule has 2 fully saturated rings. The third-order valence-electron chi connectivity index (χ3n) is 4.78. The van der Waals surface area contributed by atoms with Gasteiger partial charge in [-0.15, -0.1) is 0 Å². The first-order chi connectivity index (χ1) is 9.98. The number of amides is 2. The van der Waals surface area contributed by atoms with E-state index in [-0.39, 0.29) is 17.8 Å². The van der Waals surface area contributed by atoms with Crippen LogP contribution in [0.4, 0.5) is 13.6 Å². The summed E-state index contributed by atoms with van der Waals surface area (Å²) in [6.45, 7) is 1.81. The molecular formula is C15H16F2N2O2. The zero-order chi connectivity index (χ0) is 14.8. The molecule has 1 saturated carbocycles. The van der Waals surface area contributed by atoms with E-state index in [9.17, 15) is 13.6 Å². The van der Waals surface area contributed by atoms with E-state index in [0.717, 1.165) is 25.3 Å². The normalized spacial score (nSPS) is 31.1. The Bertz CT molecular complexity index is 632. The van der Waals surface area contributed by atoms with E-state index >= 15 is 0 Å². The Morgan fingerprint density at radius 1 is 1.38 bits per heavy atom. The van der Waals surface area contributed by atoms with Crippen LogP contribution < -0.4 is 10.1 Å². The molecule has 0 radical (unpaired) electrons. The maximum Gasteiger partial charge on any atom is 0.321 e. The summed E-state index contributed by atoms with van der Waals surface area (Å²) in [6, 6.07) is 1.57. The number of benzene rings is 1. The summed E-state index contributed by atoms with van der Waals surface area (Å²) in [4.78, 5) is 14.1. The highest BCUT2D eigenvalue weighted by Gasteiger charge is 2.53. The van der Waals surface area contributed by atoms with Crippen molar-refractivity contribution in [1.29, 1.82) is 0 Å². The zero-order valence-electron chi connectivity index (χ0n) is 11.7. The summed E-state index contributed by atoms with van der Waals surface area (Å²) in [5.41, 5.74) is -0.490. The number of ether oxygens (including phenoxy) is 1. The predicted octanol–water partition coefficient (Wildman–Crippen LogP) is 3.08. The van der Waals surface area contributed by atoms with E-state index in [1.54, 1.807) is 4.90 Å². The highest BCUT2D eigenvalue weighted by Crippen LogP contribution is 2.47. The molecule has 4 rings (SSSR count). The largest absolute Gasteiger partial charge is 0.465 e. The molecule has 2 heterocycles. The van der Waals surface area contributed by atoms with Gasteiger partial charge < -0.3 is 10.1 Å². The fourth-order valence-corrected chi connectivity index (χ4v) is 3.60. The molecule has 1 N–H and O–H groups in total. The number of carbonyl (C=O) groups excluding carboxylic acids is 1. The third kappa shape index (κ3) is 1.74. The number of nitrogens with zero attached hydrogens (tertiary/aromatic N) is 1. The van der Waals surface area contributed by atoms with E-state index in [4.69, 9.17) is 4.74 Å². The van der Waals surface area contributed by atoms with Gasteiger partial charge >= 0.3 is 6.03 Å². The second-order valence-electron chi connectivity index (χ2n) is 6.24. The quantitative estimate of drug-likeness (QED) is 0.865. The molecule has 1 aromatic carbocycles. The molecule has 2 atom stereocenters. The molecule has 0 spiro atoms. The maximum absolute atomic E-state index is 14.0. The second-order valence-corrected chi connectivity index (χ2v) is 6.24. The van der Waals surface area contributed by atoms with Crippen molar-refractivity contribution in [2.24, 2.45) is 0 Å². The predicted molar refractivity (Wildman–Crippen MR) is 70.8 cm³/mol. The molecule has 0 aromatic heterocycles. The lowest BCUT2D eigenvalue weighted by Gasteiger charge is -2.55. The minimum Gasteiger partial charge on any atom is -0.465 e. The van der Waals surface area contributed by atoms with Gasteiger partial charge in [-0.05, 0) is 32.3 Å². The number of carbonyl (C=O) groups is 1. The molecule has 2 unspecified atom stereocenters. The van der Waals surface area contributed by atoms with Gasteiger partial charge in [0.2, 0.25) is 0 Å². The van der Waals surface area contributed by atoms with Crippen molar-refractivity contribution < 1.29 is 18.3 Å². The van der Waals surface area contributed by atoms with Crippen molar-refractivity contribution in [2.45, 2.75) is 50.4 Å². The van der Waals surface area contributed by atoms with E-state index in [2.05, 4.69) is 5.32 Å². The Balaban J connectivity index is 1.80. The Hall–Kier alpha value is -1.85. The minimum absolute atomic E-state index is 0.0551. The molecule has 4 nitrogen and oxygen atoms in total. The number of nitrogens with one attached hydrogen (secondary N) is 1. The Morgan fingerprint density at radius 3 is 2.81 bits per heavy atom. The van der Waals surface area contributed by atoms with Crippen molar-refractivity contribution in [3.63, 3.8) is 0 Å². The molecule has 1 aromatic rings. The Labute approximate surface area is 121 Å². The maximum atomic E-state index is 14.0. The van der Waals surface area contributed by atoms with Crippen molar-refractivity contribution in [2.75, 3.05) is 0 Å². The first-order valence-corrected chi connectivity index (χ1v) is 7.26. The van der Waals surface area contributed by atoms with Crippen LogP contribution in [-0.4, -0.2) is 22.7 Å². The number of rotatable bonds is 1. The zero-order valence-corrected chi connectivity index (χ0v) is 11.7. The van der Waals surface area contributed by atoms with Crippen LogP contribution in [0.25, 0.3) is 0 Å². The van der Waals surface area contributed by atoms with Gasteiger partial charge in [-0.2, -0.15) is 0 Å². The summed E-state index contributed by atoms with van der Waals surface area (Å²) < 4.78 is 33.3. The average Bonchev–Trinajstić information content (AvgIpc) is 2.34. The van der Waals surface area contributed by atoms with Crippen LogP contribution in [0, 0.1) is 11.6 Å². The molecule has 1 aliphatic carbocycles. The molecule has 112 valence electrons. The molecular weight excluding hydrogens is 278 g/mol. The molecule has 2 aliphatic heterocycles. The van der Waals surface area contributed by atoms with Gasteiger partial charge in [0.15, 0.2) is 17.3 Å². The van der Waals surface area contributed by atoms with E-state index in [1.165, 1.54) is 6.07 Å². The van der Waals surface area contributed by atoms with Crippen molar-refractivity contribution in [3.8, 4) is 5.75 Å². The van der Waals surface area contributed by atoms with Crippen molar-refractivity contribution in [1.82, 2.24) is 10.2 Å². The minimum atomic E-state index is -0.871. The number of urea groups is 1. The van der Waals surface area contributed by atoms with Gasteiger partial charge in [0.25, 0.3) is 0 Å². The van der Waals surface area contributed by atoms with Crippen molar-refractivity contribution in [3.05, 3.63) is 29.3 Å². The highest BCUT2D eigenvalue weighted by atomic mass is 19.1. The van der Waals surface area contributed by atoms with E-state index in [0.29, 0.717) is 12.0 Å². The summed E-state index contributed by atoms with van der Waals surface area (Å²) in [7, 11) is 0. The summed E-state index contributed by atoms with van der Waals surface area (Å²) in [5.74, 6) is -1.32. The monoisotopic (exact) mass is 294 g/mol. The Kier molecular flexibility index (Phi) is 2.50. The van der Waals surface area contributed by atoms with Crippen molar-refractivity contribution >= 4 is 6.03 Å². The molecule has 3 aliphatic rings. The summed E-state index contributed by atoms with van der Waals surface area (Å²) in [5, 5.41) is 2.86. The summed E-state index contributed by atoms with van der Waals surface area (Å²) in [6.07, 6.45) is 3.46. The molecule has 1 saturated heterocycles. The van der Waals surface area contributed by atoms with Gasteiger partial charge in [-0.1, -0.05) is 0 Å². The number of fused-ring (bicyclic) bond motifs is 4. The van der Waals surface area contributed by atoms with Crippen LogP contribution in [0.5, 0.6) is 5.75 Å². The van der Waals surface area contributed by atoms with Gasteiger partial charge in [-0.3, -0.25) is 4.90 Å². The van der Waals surface area contributed by atoms with Gasteiger partial charge in [-0.25, -0.2) is 13.6 Å². The number of hydrogen-bond acceptors (Lipinski definition) is 2. The molecule has 6 heteroatoms. The third-order valence-corrected chi connectivity index (χ3v) is 4.78. The van der Waals surface area contributed by atoms with Crippen LogP contribution in [-0.2, 0) is 0 Å². The van der Waals surface area contributed by atoms with Crippen LogP contribution in [0.2, 0.25) is 0 Å². The highest BCUT2D eigenvalue weighted by molar-refractivity contribution is 5.78. The first kappa shape index (κ1) is 12.9. The van der Waals surface area contributed by atoms with Crippen LogP contribution in [0.15, 0.2) is 12.1 Å². The fourth-order valence-electron chi connectivity index (χ4n) is 3.60. The smallest absolute Gasteiger partial charge is 0.321 e. The Morgan fingerprint density at radius 2 is 2.14 bits per heavy atom. The second kappa shape index (κ2) is 4.08. The fraction of sp³-hybridized carbons (Fsp3) is 0.533. The average molecular weight is 294 g/mol. The lowest BCUT2D eigenvalue weighted by molar-refractivity contribution is -0.115. The lowest BCUT2D eigenvalue weighted by atomic mass is 9.84. The number of hydrogen-bond donors (Lipinski definition) is 1.